The molecule has 1 amide bonds. The Labute approximate surface area is 373 Å². The van der Waals surface area contributed by atoms with Crippen molar-refractivity contribution in [3.63, 3.8) is 0 Å². The number of hydrogen-bond acceptors (Lipinski definition) is 10. The molecule has 2 unspecified atom stereocenters. The first-order chi connectivity index (χ1) is 29.2. The molecule has 1 N–H and O–H groups in total. The monoisotopic (exact) mass is 891 g/mol. The number of benzene rings is 2. The summed E-state index contributed by atoms with van der Waals surface area (Å²) in [5.74, 6) is 0.220. The summed E-state index contributed by atoms with van der Waals surface area (Å²) in [6.45, 7) is 4.51. The van der Waals surface area contributed by atoms with Crippen molar-refractivity contribution in [3.8, 4) is 0 Å². The first-order valence-electron chi connectivity index (χ1n) is 22.1. The smallest absolute Gasteiger partial charge is 0.373 e. The number of hydrogen-bond donors (Lipinski definition) is 1. The van der Waals surface area contributed by atoms with Gasteiger partial charge in [0.15, 0.2) is 0 Å². The summed E-state index contributed by atoms with van der Waals surface area (Å²) in [5, 5.41) is 9.78. The lowest BCUT2D eigenvalue weighted by molar-refractivity contribution is -0.191. The molecule has 6 rings (SSSR count). The lowest BCUT2D eigenvalue weighted by Gasteiger charge is -2.27. The zero-order chi connectivity index (χ0) is 42.9. The average Bonchev–Trinajstić information content (AvgIpc) is 3.98. The topological polar surface area (TPSA) is 117 Å². The zero-order valence-corrected chi connectivity index (χ0v) is 38.6. The summed E-state index contributed by atoms with van der Waals surface area (Å²) in [7, 11) is 0. The largest absolute Gasteiger partial charge is 0.480 e. The minimum atomic E-state index is -1.13. The van der Waals surface area contributed by atoms with Gasteiger partial charge in [-0.2, -0.15) is 9.59 Å². The molecule has 3 heterocycles. The number of unbranched alkanes of at least 4 members (excludes halogenated alkanes) is 14. The summed E-state index contributed by atoms with van der Waals surface area (Å²) in [6.07, 6.45) is 25.6. The fraction of sp³-hybridized carbons (Fsp3) is 0.553. The fourth-order valence-corrected chi connectivity index (χ4v) is 12.2. The number of carbonyl (C=O) groups is 2. The van der Waals surface area contributed by atoms with Crippen LogP contribution in [-0.4, -0.2) is 55.3 Å². The number of carboxylic acids is 1. The fourth-order valence-electron chi connectivity index (χ4n) is 8.67. The maximum atomic E-state index is 13.8. The molecule has 0 radical (unpaired) electrons. The molecule has 2 aromatic carbocycles. The molecule has 1 aromatic heterocycles. The minimum absolute atomic E-state index is 0.236. The Morgan fingerprint density at radius 1 is 0.867 bits per heavy atom. The molecule has 2 atom stereocenters. The van der Waals surface area contributed by atoms with E-state index in [0.29, 0.717) is 36.9 Å². The van der Waals surface area contributed by atoms with Gasteiger partial charge in [-0.3, -0.25) is 23.9 Å². The van der Waals surface area contributed by atoms with Crippen molar-refractivity contribution < 1.29 is 24.3 Å². The molecule has 0 spiro atoms. The van der Waals surface area contributed by atoms with E-state index >= 15 is 0 Å². The number of thiazole rings is 1. The number of carboxylic acid groups (broad SMARTS) is 1. The van der Waals surface area contributed by atoms with Crippen LogP contribution in [0, 0.1) is 0 Å². The second kappa shape index (κ2) is 24.8. The Morgan fingerprint density at radius 2 is 1.48 bits per heavy atom. The van der Waals surface area contributed by atoms with E-state index in [4.69, 9.17) is 21.8 Å². The van der Waals surface area contributed by atoms with Gasteiger partial charge in [0, 0.05) is 34.8 Å². The van der Waals surface area contributed by atoms with Crippen molar-refractivity contribution in [1.82, 2.24) is 9.47 Å². The van der Waals surface area contributed by atoms with E-state index in [9.17, 15) is 19.5 Å². The minimum Gasteiger partial charge on any atom is -0.480 e. The van der Waals surface area contributed by atoms with E-state index < -0.39 is 18.1 Å². The van der Waals surface area contributed by atoms with Gasteiger partial charge in [-0.15, -0.1) is 23.1 Å². The van der Waals surface area contributed by atoms with Gasteiger partial charge in [0.2, 0.25) is 0 Å². The predicted octanol–water partition coefficient (Wildman–Crippen LogP) is 10.4. The average molecular weight is 892 g/mol. The molecule has 0 bridgehead atoms. The molecule has 9 nitrogen and oxygen atoms in total. The normalized spacial score (nSPS) is 18.1. The van der Waals surface area contributed by atoms with Crippen molar-refractivity contribution in [1.29, 1.82) is 0 Å². The molecular formula is C47H61N3O6S4. The Morgan fingerprint density at radius 3 is 2.12 bits per heavy atom. The lowest BCUT2D eigenvalue weighted by atomic mass is 9.96. The van der Waals surface area contributed by atoms with Crippen LogP contribution in [0.2, 0.25) is 0 Å². The molecule has 60 heavy (non-hydrogen) atoms. The summed E-state index contributed by atoms with van der Waals surface area (Å²) in [6, 6.07) is 16.0. The first kappa shape index (κ1) is 47.6. The van der Waals surface area contributed by atoms with E-state index in [-0.39, 0.29) is 12.1 Å². The highest BCUT2D eigenvalue weighted by Crippen LogP contribution is 2.52. The number of aliphatic carboxylic acids is 1. The van der Waals surface area contributed by atoms with Crippen LogP contribution >= 0.6 is 47.1 Å². The van der Waals surface area contributed by atoms with Crippen LogP contribution in [0.3, 0.4) is 0 Å². The van der Waals surface area contributed by atoms with E-state index in [1.54, 1.807) is 4.90 Å². The molecule has 2 fully saturated rings. The Bertz CT molecular complexity index is 2120. The van der Waals surface area contributed by atoms with E-state index in [1.165, 1.54) is 139 Å². The highest BCUT2D eigenvalue weighted by Gasteiger charge is 2.42. The SMILES string of the molecule is CCCCCCCCCCSc1ccc(N2c3ccc(/C=c4\s/c(=C5/SC(=S)N(CCCCCCCCCC)C5=O)n(CC(=O)O)c4=O)cc3C3CCCC32)cc1.O=C=O. The number of fused-ring (bicyclic) bond motifs is 3. The molecule has 2 aliphatic heterocycles. The third kappa shape index (κ3) is 12.8. The van der Waals surface area contributed by atoms with Crippen molar-refractivity contribution >= 4 is 91.8 Å². The van der Waals surface area contributed by atoms with E-state index in [1.807, 2.05) is 17.8 Å². The predicted molar refractivity (Wildman–Crippen MR) is 251 cm³/mol. The third-order valence-corrected chi connectivity index (χ3v) is 15.5. The van der Waals surface area contributed by atoms with Gasteiger partial charge in [0.25, 0.3) is 11.5 Å². The molecule has 3 aliphatic rings. The molecular weight excluding hydrogens is 831 g/mol. The van der Waals surface area contributed by atoms with Gasteiger partial charge < -0.3 is 10.0 Å². The molecule has 3 aromatic rings. The second-order valence-corrected chi connectivity index (χ2v) is 19.9. The summed E-state index contributed by atoms with van der Waals surface area (Å²) < 4.78 is 2.48. The van der Waals surface area contributed by atoms with Crippen molar-refractivity contribution in [2.75, 3.05) is 17.2 Å². The lowest BCUT2D eigenvalue weighted by Crippen LogP contribution is -2.35. The van der Waals surface area contributed by atoms with Gasteiger partial charge in [0.05, 0.1) is 4.53 Å². The summed E-state index contributed by atoms with van der Waals surface area (Å²) in [5.41, 5.74) is 4.27. The number of nitrogens with zero attached hydrogens (tertiary/aromatic N) is 3. The van der Waals surface area contributed by atoms with E-state index in [2.05, 4.69) is 61.2 Å². The van der Waals surface area contributed by atoms with E-state index in [0.717, 1.165) is 43.4 Å². The van der Waals surface area contributed by atoms with Crippen LogP contribution in [-0.2, 0) is 25.7 Å². The number of aromatic nitrogens is 1. The summed E-state index contributed by atoms with van der Waals surface area (Å²) >= 11 is 9.96. The Kier molecular flexibility index (Phi) is 19.7. The van der Waals surface area contributed by atoms with Gasteiger partial charge in [-0.05, 0) is 85.0 Å². The molecule has 13 heteroatoms. The zero-order valence-electron chi connectivity index (χ0n) is 35.3. The van der Waals surface area contributed by atoms with Crippen molar-refractivity contribution in [3.05, 3.63) is 73.1 Å². The summed E-state index contributed by atoms with van der Waals surface area (Å²) in [4.78, 5) is 61.5. The number of thioether (sulfide) groups is 2. The molecule has 1 aliphatic carbocycles. The standard InChI is InChI=1S/C46H61N3O4S4.CO2/c1-3-5-7-9-11-13-15-17-28-47-44(53)42(57-46(47)54)45-48(32-41(50)51)43(52)40(56-45)31-33-22-27-39-37(30-33)36-20-19-21-38(36)49(39)34-23-25-35(26-24-34)55-29-18-16-14-12-10-8-6-4-2;2-1-3/h22-27,30-31,36,38H,3-21,28-29,32H2,1-2H3,(H,50,51);/b40-31-,45-42+;. The maximum Gasteiger partial charge on any atom is 0.373 e. The van der Waals surface area contributed by atoms with Crippen molar-refractivity contribution in [2.45, 2.75) is 159 Å². The van der Waals surface area contributed by atoms with Crippen molar-refractivity contribution in [2.24, 2.45) is 0 Å². The first-order valence-corrected chi connectivity index (χ1v) is 25.1. The number of amides is 1. The van der Waals surface area contributed by atoms with Crippen LogP contribution in [0.25, 0.3) is 11.0 Å². The van der Waals surface area contributed by atoms with Crippen LogP contribution in [0.4, 0.5) is 11.4 Å². The molecule has 1 saturated carbocycles. The van der Waals surface area contributed by atoms with Crippen LogP contribution in [0.15, 0.2) is 52.2 Å². The Hall–Kier alpha value is -3.48. The van der Waals surface area contributed by atoms with Crippen LogP contribution < -0.4 is 19.7 Å². The van der Waals surface area contributed by atoms with Gasteiger partial charge in [-0.1, -0.05) is 140 Å². The number of rotatable bonds is 23. The molecule has 324 valence electrons. The van der Waals surface area contributed by atoms with Gasteiger partial charge >= 0.3 is 12.1 Å². The van der Waals surface area contributed by atoms with Gasteiger partial charge in [0.1, 0.15) is 20.4 Å². The quantitative estimate of drug-likeness (QED) is 0.0560. The third-order valence-electron chi connectivity index (χ3n) is 11.7. The maximum absolute atomic E-state index is 13.8. The Balaban J connectivity index is 0.00000221. The highest BCUT2D eigenvalue weighted by atomic mass is 32.2. The molecule has 1 saturated heterocycles. The highest BCUT2D eigenvalue weighted by molar-refractivity contribution is 8.30. The van der Waals surface area contributed by atoms with Crippen LogP contribution in [0.5, 0.6) is 0 Å². The van der Waals surface area contributed by atoms with Crippen LogP contribution in [0.1, 0.15) is 153 Å². The van der Waals surface area contributed by atoms with Gasteiger partial charge in [-0.25, -0.2) is 0 Å². The second-order valence-electron chi connectivity index (χ2n) is 16.0. The number of carbonyl (C=O) groups excluding carboxylic acids is 3. The number of anilines is 2. The number of thiocarbonyl (C=S) groups is 1.